The fourth-order valence-electron chi connectivity index (χ4n) is 1.65. The highest BCUT2D eigenvalue weighted by Crippen LogP contribution is 2.21. The van der Waals surface area contributed by atoms with Crippen molar-refractivity contribution in [1.29, 1.82) is 0 Å². The Balaban J connectivity index is 2.81. The molecule has 16 heavy (non-hydrogen) atoms. The summed E-state index contributed by atoms with van der Waals surface area (Å²) in [6.07, 6.45) is 1.77. The lowest BCUT2D eigenvalue weighted by Crippen LogP contribution is -2.41. The Bertz CT molecular complexity index is 344. The number of hydrogen-bond acceptors (Lipinski definition) is 2. The van der Waals surface area contributed by atoms with Crippen molar-refractivity contribution in [2.45, 2.75) is 32.7 Å². The lowest BCUT2D eigenvalue weighted by Gasteiger charge is -2.22. The summed E-state index contributed by atoms with van der Waals surface area (Å²) >= 11 is 3.42. The molecule has 4 heteroatoms. The Morgan fingerprint density at radius 1 is 1.50 bits per heavy atom. The Hall–Kier alpha value is -0.450. The van der Waals surface area contributed by atoms with Gasteiger partial charge in [-0.25, -0.2) is 4.39 Å². The van der Waals surface area contributed by atoms with Crippen molar-refractivity contribution in [3.8, 4) is 0 Å². The lowest BCUT2D eigenvalue weighted by molar-refractivity contribution is 0.369. The summed E-state index contributed by atoms with van der Waals surface area (Å²) in [5.41, 5.74) is 3.75. The minimum absolute atomic E-state index is 0.170. The highest BCUT2D eigenvalue weighted by Gasteiger charge is 2.16. The van der Waals surface area contributed by atoms with Crippen LogP contribution in [0.4, 0.5) is 4.39 Å². The molecule has 0 aliphatic rings. The van der Waals surface area contributed by atoms with Crippen molar-refractivity contribution in [3.63, 3.8) is 0 Å². The predicted molar refractivity (Wildman–Crippen MR) is 68.4 cm³/mol. The van der Waals surface area contributed by atoms with Gasteiger partial charge in [0.15, 0.2) is 0 Å². The molecule has 0 radical (unpaired) electrons. The van der Waals surface area contributed by atoms with E-state index in [1.54, 1.807) is 12.1 Å². The van der Waals surface area contributed by atoms with Crippen LogP contribution in [0.25, 0.3) is 0 Å². The first-order valence-electron chi connectivity index (χ1n) is 5.48. The molecule has 0 spiro atoms. The number of hydrogen-bond donors (Lipinski definition) is 2. The second-order valence-corrected chi connectivity index (χ2v) is 4.95. The SMILES string of the molecule is CCC(C)C(Cc1cc(F)ccc1Br)NN. The fourth-order valence-corrected chi connectivity index (χ4v) is 2.05. The number of nitrogens with two attached hydrogens (primary N) is 1. The summed E-state index contributed by atoms with van der Waals surface area (Å²) in [6.45, 7) is 4.26. The largest absolute Gasteiger partial charge is 0.271 e. The quantitative estimate of drug-likeness (QED) is 0.646. The van der Waals surface area contributed by atoms with Crippen LogP contribution in [0.15, 0.2) is 22.7 Å². The molecule has 0 aliphatic carbocycles. The molecule has 0 fully saturated rings. The second kappa shape index (κ2) is 6.33. The first-order chi connectivity index (χ1) is 7.58. The predicted octanol–water partition coefficient (Wildman–Crippen LogP) is 3.01. The van der Waals surface area contributed by atoms with Gasteiger partial charge >= 0.3 is 0 Å². The molecule has 0 aromatic heterocycles. The van der Waals surface area contributed by atoms with Crippen molar-refractivity contribution in [3.05, 3.63) is 34.1 Å². The molecule has 2 nitrogen and oxygen atoms in total. The van der Waals surface area contributed by atoms with Crippen LogP contribution >= 0.6 is 15.9 Å². The fraction of sp³-hybridized carbons (Fsp3) is 0.500. The van der Waals surface area contributed by atoms with Crippen LogP contribution in [-0.4, -0.2) is 6.04 Å². The molecular formula is C12H18BrFN2. The molecular weight excluding hydrogens is 271 g/mol. The maximum absolute atomic E-state index is 13.1. The number of rotatable bonds is 5. The molecule has 1 aromatic rings. The Labute approximate surface area is 105 Å². The van der Waals surface area contributed by atoms with Crippen LogP contribution in [-0.2, 0) is 6.42 Å². The van der Waals surface area contributed by atoms with E-state index in [4.69, 9.17) is 5.84 Å². The molecule has 1 aromatic carbocycles. The average Bonchev–Trinajstić information content (AvgIpc) is 2.29. The lowest BCUT2D eigenvalue weighted by atomic mass is 9.93. The summed E-state index contributed by atoms with van der Waals surface area (Å²) in [7, 11) is 0. The molecule has 3 N–H and O–H groups in total. The number of hydrazine groups is 1. The van der Waals surface area contributed by atoms with Crippen LogP contribution in [0.3, 0.4) is 0 Å². The third-order valence-corrected chi connectivity index (χ3v) is 3.77. The van der Waals surface area contributed by atoms with Gasteiger partial charge in [0.25, 0.3) is 0 Å². The van der Waals surface area contributed by atoms with Gasteiger partial charge in [-0.1, -0.05) is 36.2 Å². The Morgan fingerprint density at radius 3 is 2.75 bits per heavy atom. The van der Waals surface area contributed by atoms with Crippen LogP contribution in [0.1, 0.15) is 25.8 Å². The zero-order valence-corrected chi connectivity index (χ0v) is 11.2. The van der Waals surface area contributed by atoms with Gasteiger partial charge in [-0.2, -0.15) is 0 Å². The van der Waals surface area contributed by atoms with Crippen molar-refractivity contribution < 1.29 is 4.39 Å². The van der Waals surface area contributed by atoms with E-state index < -0.39 is 0 Å². The van der Waals surface area contributed by atoms with Crippen LogP contribution in [0.5, 0.6) is 0 Å². The van der Waals surface area contributed by atoms with E-state index in [-0.39, 0.29) is 11.9 Å². The van der Waals surface area contributed by atoms with Gasteiger partial charge in [-0.3, -0.25) is 11.3 Å². The van der Waals surface area contributed by atoms with E-state index in [1.807, 2.05) is 0 Å². The zero-order valence-electron chi connectivity index (χ0n) is 9.63. The molecule has 90 valence electrons. The molecule has 0 aliphatic heterocycles. The van der Waals surface area contributed by atoms with Crippen molar-refractivity contribution in [2.75, 3.05) is 0 Å². The normalized spacial score (nSPS) is 14.8. The maximum Gasteiger partial charge on any atom is 0.123 e. The standard InChI is InChI=1S/C12H18BrFN2/c1-3-8(2)12(16-15)7-9-6-10(14)4-5-11(9)13/h4-6,8,12,16H,3,7,15H2,1-2H3. The number of benzene rings is 1. The Morgan fingerprint density at radius 2 is 2.19 bits per heavy atom. The molecule has 1 rings (SSSR count). The number of nitrogens with one attached hydrogen (secondary N) is 1. The molecule has 0 heterocycles. The molecule has 0 saturated heterocycles. The van der Waals surface area contributed by atoms with Crippen LogP contribution in [0.2, 0.25) is 0 Å². The second-order valence-electron chi connectivity index (χ2n) is 4.10. The summed E-state index contributed by atoms with van der Waals surface area (Å²) in [4.78, 5) is 0. The minimum atomic E-state index is -0.210. The van der Waals surface area contributed by atoms with Crippen molar-refractivity contribution >= 4 is 15.9 Å². The van der Waals surface area contributed by atoms with E-state index in [2.05, 4.69) is 35.2 Å². The molecule has 0 saturated carbocycles. The van der Waals surface area contributed by atoms with E-state index >= 15 is 0 Å². The molecule has 2 atom stereocenters. The molecule has 0 amide bonds. The van der Waals surface area contributed by atoms with Gasteiger partial charge in [0.1, 0.15) is 5.82 Å². The third-order valence-electron chi connectivity index (χ3n) is 2.99. The van der Waals surface area contributed by atoms with E-state index in [0.717, 1.165) is 22.9 Å². The van der Waals surface area contributed by atoms with Crippen LogP contribution < -0.4 is 11.3 Å². The first-order valence-corrected chi connectivity index (χ1v) is 6.27. The summed E-state index contributed by atoms with van der Waals surface area (Å²) in [5.74, 6) is 5.77. The molecule has 2 unspecified atom stereocenters. The van der Waals surface area contributed by atoms with E-state index in [9.17, 15) is 4.39 Å². The minimum Gasteiger partial charge on any atom is -0.271 e. The number of halogens is 2. The third kappa shape index (κ3) is 3.54. The zero-order chi connectivity index (χ0) is 12.1. The maximum atomic E-state index is 13.1. The van der Waals surface area contributed by atoms with Crippen molar-refractivity contribution in [1.82, 2.24) is 5.43 Å². The van der Waals surface area contributed by atoms with Gasteiger partial charge in [-0.05, 0) is 36.1 Å². The summed E-state index contributed by atoms with van der Waals surface area (Å²) < 4.78 is 14.0. The average molecular weight is 289 g/mol. The smallest absolute Gasteiger partial charge is 0.123 e. The van der Waals surface area contributed by atoms with Crippen LogP contribution in [0, 0.1) is 11.7 Å². The highest BCUT2D eigenvalue weighted by atomic mass is 79.9. The van der Waals surface area contributed by atoms with E-state index in [1.165, 1.54) is 6.07 Å². The molecule has 0 bridgehead atoms. The first kappa shape index (κ1) is 13.6. The highest BCUT2D eigenvalue weighted by molar-refractivity contribution is 9.10. The van der Waals surface area contributed by atoms with Gasteiger partial charge in [0, 0.05) is 10.5 Å². The van der Waals surface area contributed by atoms with Gasteiger partial charge < -0.3 is 0 Å². The van der Waals surface area contributed by atoms with Gasteiger partial charge in [0.05, 0.1) is 0 Å². The van der Waals surface area contributed by atoms with Crippen molar-refractivity contribution in [2.24, 2.45) is 11.8 Å². The summed E-state index contributed by atoms with van der Waals surface area (Å²) in [5, 5.41) is 0. The Kier molecular flexibility index (Phi) is 5.38. The monoisotopic (exact) mass is 288 g/mol. The summed E-state index contributed by atoms with van der Waals surface area (Å²) in [6, 6.07) is 4.90. The van der Waals surface area contributed by atoms with E-state index in [0.29, 0.717) is 5.92 Å². The van der Waals surface area contributed by atoms with Gasteiger partial charge in [0.2, 0.25) is 0 Å². The van der Waals surface area contributed by atoms with Gasteiger partial charge in [-0.15, -0.1) is 0 Å². The topological polar surface area (TPSA) is 38.0 Å².